The van der Waals surface area contributed by atoms with Crippen LogP contribution in [0.3, 0.4) is 0 Å². The average molecular weight is 462 g/mol. The van der Waals surface area contributed by atoms with Crippen LogP contribution >= 0.6 is 11.3 Å². The van der Waals surface area contributed by atoms with Gasteiger partial charge in [0.2, 0.25) is 5.91 Å². The summed E-state index contributed by atoms with van der Waals surface area (Å²) in [6.45, 7) is 6.48. The zero-order valence-corrected chi connectivity index (χ0v) is 20.3. The Labute approximate surface area is 200 Å². The Kier molecular flexibility index (Phi) is 7.52. The molecule has 1 N–H and O–H groups in total. The van der Waals surface area contributed by atoms with Crippen molar-refractivity contribution >= 4 is 34.7 Å². The number of aromatic nitrogens is 2. The highest BCUT2D eigenvalue weighted by atomic mass is 32.1. The van der Waals surface area contributed by atoms with E-state index in [1.54, 1.807) is 29.8 Å². The summed E-state index contributed by atoms with van der Waals surface area (Å²) in [5.41, 5.74) is 4.29. The van der Waals surface area contributed by atoms with Crippen LogP contribution in [0.4, 0.5) is 11.4 Å². The van der Waals surface area contributed by atoms with Crippen LogP contribution < -0.4 is 10.2 Å². The highest BCUT2D eigenvalue weighted by Gasteiger charge is 2.24. The van der Waals surface area contributed by atoms with E-state index >= 15 is 0 Å². The summed E-state index contributed by atoms with van der Waals surface area (Å²) in [6, 6.07) is 12.7. The molecule has 2 aromatic heterocycles. The first-order valence-electron chi connectivity index (χ1n) is 11.4. The first-order valence-corrected chi connectivity index (χ1v) is 12.2. The van der Waals surface area contributed by atoms with Crippen molar-refractivity contribution in [2.75, 3.05) is 25.0 Å². The normalized spacial score (nSPS) is 14.5. The topological polar surface area (TPSA) is 61.4 Å². The molecule has 3 aromatic rings. The van der Waals surface area contributed by atoms with E-state index in [2.05, 4.69) is 44.5 Å². The monoisotopic (exact) mass is 461 g/mol. The molecule has 1 amide bonds. The maximum Gasteiger partial charge on any atom is 0.247 e. The number of hydrogen-bond donors (Lipinski definition) is 1. The lowest BCUT2D eigenvalue weighted by Crippen LogP contribution is -2.45. The van der Waals surface area contributed by atoms with E-state index in [9.17, 15) is 4.79 Å². The third-order valence-electron chi connectivity index (χ3n) is 6.08. The maximum absolute atomic E-state index is 13.3. The Morgan fingerprint density at radius 2 is 1.76 bits per heavy atom. The largest absolute Gasteiger partial charge is 0.345 e. The number of amides is 1. The van der Waals surface area contributed by atoms with Gasteiger partial charge in [-0.25, -0.2) is 4.98 Å². The molecule has 0 unspecified atom stereocenters. The number of aryl methyl sites for hydroxylation is 2. The summed E-state index contributed by atoms with van der Waals surface area (Å²) in [7, 11) is 2.04. The van der Waals surface area contributed by atoms with Crippen LogP contribution in [-0.4, -0.2) is 47.0 Å². The molecule has 0 spiro atoms. The molecule has 0 bridgehead atoms. The predicted molar refractivity (Wildman–Crippen MR) is 136 cm³/mol. The summed E-state index contributed by atoms with van der Waals surface area (Å²) in [5.74, 6) is 0.0605. The van der Waals surface area contributed by atoms with Crippen LogP contribution in [0.2, 0.25) is 0 Å². The first kappa shape index (κ1) is 23.1. The van der Waals surface area contributed by atoms with Gasteiger partial charge in [-0.3, -0.25) is 9.78 Å². The minimum atomic E-state index is 0.0605. The van der Waals surface area contributed by atoms with Gasteiger partial charge >= 0.3 is 0 Å². The van der Waals surface area contributed by atoms with Crippen LogP contribution in [0.5, 0.6) is 0 Å². The molecule has 1 aromatic carbocycles. The number of rotatable bonds is 7. The minimum Gasteiger partial charge on any atom is -0.345 e. The predicted octanol–water partition coefficient (Wildman–Crippen LogP) is 4.72. The van der Waals surface area contributed by atoms with Crippen molar-refractivity contribution in [3.63, 3.8) is 0 Å². The maximum atomic E-state index is 13.3. The molecule has 1 saturated heterocycles. The second-order valence-electron chi connectivity index (χ2n) is 8.39. The number of anilines is 2. The van der Waals surface area contributed by atoms with Gasteiger partial charge < -0.3 is 15.1 Å². The standard InChI is InChI=1S/C26H31N5OS/c1-19-25(33-20(2)29-19)8-9-26(32)31(24-12-16-28-17-13-24)18-21-4-6-22(7-5-21)30(3)23-10-14-27-15-11-23/h4-11,14-15,24,28H,12-13,16-18H2,1-3H3. The van der Waals surface area contributed by atoms with Gasteiger partial charge in [-0.05, 0) is 75.7 Å². The van der Waals surface area contributed by atoms with Crippen LogP contribution in [0.15, 0.2) is 54.9 Å². The fraction of sp³-hybridized carbons (Fsp3) is 0.346. The number of carbonyl (C=O) groups excluding carboxylic acids is 1. The van der Waals surface area contributed by atoms with Gasteiger partial charge in [0.25, 0.3) is 0 Å². The van der Waals surface area contributed by atoms with Crippen LogP contribution in [-0.2, 0) is 11.3 Å². The van der Waals surface area contributed by atoms with Crippen molar-refractivity contribution in [2.45, 2.75) is 39.3 Å². The van der Waals surface area contributed by atoms with Gasteiger partial charge in [-0.2, -0.15) is 0 Å². The smallest absolute Gasteiger partial charge is 0.247 e. The molecule has 6 nitrogen and oxygen atoms in total. The SMILES string of the molecule is Cc1nc(C)c(C=CC(=O)N(Cc2ccc(N(C)c3ccncc3)cc2)C2CCNCC2)s1. The fourth-order valence-corrected chi connectivity index (χ4v) is 5.02. The summed E-state index contributed by atoms with van der Waals surface area (Å²) >= 11 is 1.62. The molecular weight excluding hydrogens is 430 g/mol. The quantitative estimate of drug-likeness (QED) is 0.516. The fourth-order valence-electron chi connectivity index (χ4n) is 4.19. The Morgan fingerprint density at radius 1 is 1.09 bits per heavy atom. The Balaban J connectivity index is 1.50. The van der Waals surface area contributed by atoms with Crippen molar-refractivity contribution < 1.29 is 4.79 Å². The molecule has 1 aliphatic heterocycles. The first-order chi connectivity index (χ1) is 16.0. The van der Waals surface area contributed by atoms with Gasteiger partial charge in [0, 0.05) is 49.5 Å². The number of carbonyl (C=O) groups is 1. The second-order valence-corrected chi connectivity index (χ2v) is 9.63. The van der Waals surface area contributed by atoms with Gasteiger partial charge in [0.05, 0.1) is 15.6 Å². The molecule has 0 aliphatic carbocycles. The molecule has 1 fully saturated rings. The van der Waals surface area contributed by atoms with E-state index in [1.165, 1.54) is 0 Å². The van der Waals surface area contributed by atoms with E-state index in [0.29, 0.717) is 6.54 Å². The minimum absolute atomic E-state index is 0.0605. The molecule has 7 heteroatoms. The number of benzene rings is 1. The van der Waals surface area contributed by atoms with Crippen LogP contribution in [0.25, 0.3) is 6.08 Å². The van der Waals surface area contributed by atoms with Crippen LogP contribution in [0, 0.1) is 13.8 Å². The molecule has 0 radical (unpaired) electrons. The summed E-state index contributed by atoms with van der Waals surface area (Å²) in [5, 5.41) is 4.42. The molecule has 4 rings (SSSR count). The van der Waals surface area contributed by atoms with Gasteiger partial charge in [0.1, 0.15) is 0 Å². The number of thiazole rings is 1. The number of nitrogens with one attached hydrogen (secondary N) is 1. The van der Waals surface area contributed by atoms with Crippen molar-refractivity contribution in [1.29, 1.82) is 0 Å². The van der Waals surface area contributed by atoms with E-state index < -0.39 is 0 Å². The Hall–Kier alpha value is -3.03. The van der Waals surface area contributed by atoms with Crippen molar-refractivity contribution in [3.8, 4) is 0 Å². The van der Waals surface area contributed by atoms with Gasteiger partial charge in [0.15, 0.2) is 0 Å². The zero-order chi connectivity index (χ0) is 23.2. The highest BCUT2D eigenvalue weighted by molar-refractivity contribution is 7.12. The summed E-state index contributed by atoms with van der Waals surface area (Å²) in [6.07, 6.45) is 9.18. The van der Waals surface area contributed by atoms with Crippen molar-refractivity contribution in [1.82, 2.24) is 20.2 Å². The molecule has 0 atom stereocenters. The van der Waals surface area contributed by atoms with Crippen molar-refractivity contribution in [3.05, 3.63) is 76.0 Å². The highest BCUT2D eigenvalue weighted by Crippen LogP contribution is 2.25. The number of hydrogen-bond acceptors (Lipinski definition) is 6. The molecule has 0 saturated carbocycles. The van der Waals surface area contributed by atoms with E-state index in [-0.39, 0.29) is 11.9 Å². The molecule has 1 aliphatic rings. The zero-order valence-electron chi connectivity index (χ0n) is 19.5. The third-order valence-corrected chi connectivity index (χ3v) is 7.11. The number of nitrogens with zero attached hydrogens (tertiary/aromatic N) is 4. The number of piperidine rings is 1. The van der Waals surface area contributed by atoms with Crippen LogP contribution in [0.1, 0.15) is 34.0 Å². The second kappa shape index (κ2) is 10.7. The molecule has 172 valence electrons. The lowest BCUT2D eigenvalue weighted by Gasteiger charge is -2.34. The van der Waals surface area contributed by atoms with E-state index in [4.69, 9.17) is 0 Å². The van der Waals surface area contributed by atoms with E-state index in [1.807, 2.05) is 44.0 Å². The lowest BCUT2D eigenvalue weighted by molar-refractivity contribution is -0.129. The molecule has 33 heavy (non-hydrogen) atoms. The Morgan fingerprint density at radius 3 is 2.39 bits per heavy atom. The number of pyridine rings is 1. The summed E-state index contributed by atoms with van der Waals surface area (Å²) < 4.78 is 0. The Bertz CT molecular complexity index is 1090. The molecular formula is C26H31N5OS. The average Bonchev–Trinajstić information content (AvgIpc) is 3.18. The van der Waals surface area contributed by atoms with Crippen molar-refractivity contribution in [2.24, 2.45) is 0 Å². The van der Waals surface area contributed by atoms with Gasteiger partial charge in [-0.15, -0.1) is 11.3 Å². The summed E-state index contributed by atoms with van der Waals surface area (Å²) in [4.78, 5) is 27.1. The van der Waals surface area contributed by atoms with Gasteiger partial charge in [-0.1, -0.05) is 12.1 Å². The lowest BCUT2D eigenvalue weighted by atomic mass is 10.0. The van der Waals surface area contributed by atoms with E-state index in [0.717, 1.165) is 58.4 Å². The third kappa shape index (κ3) is 5.86. The molecule has 3 heterocycles.